The molecule has 0 aliphatic heterocycles. The SMILES string of the molecule is Nc1ccccc1CCC(=O)Nc1cccc(NC(=O)C2CCCCC2)c1. The minimum absolute atomic E-state index is 0.0750. The first kappa shape index (κ1) is 19.0. The Bertz CT molecular complexity index is 798. The lowest BCUT2D eigenvalue weighted by atomic mass is 9.88. The third kappa shape index (κ3) is 5.58. The number of nitrogen functional groups attached to an aromatic ring is 1. The van der Waals surface area contributed by atoms with E-state index >= 15 is 0 Å². The van der Waals surface area contributed by atoms with E-state index in [0.717, 1.165) is 36.9 Å². The van der Waals surface area contributed by atoms with Crippen molar-refractivity contribution in [2.75, 3.05) is 16.4 Å². The molecule has 0 atom stereocenters. The molecule has 0 radical (unpaired) electrons. The van der Waals surface area contributed by atoms with E-state index in [-0.39, 0.29) is 17.7 Å². The second-order valence-electron chi connectivity index (χ2n) is 7.15. The van der Waals surface area contributed by atoms with Crippen molar-refractivity contribution in [1.82, 2.24) is 0 Å². The Kier molecular flexibility index (Phi) is 6.47. The fourth-order valence-corrected chi connectivity index (χ4v) is 3.52. The number of carbonyl (C=O) groups is 2. The molecule has 2 aromatic rings. The van der Waals surface area contributed by atoms with Gasteiger partial charge in [0, 0.05) is 29.4 Å². The van der Waals surface area contributed by atoms with Gasteiger partial charge in [-0.1, -0.05) is 43.5 Å². The van der Waals surface area contributed by atoms with Gasteiger partial charge >= 0.3 is 0 Å². The number of amides is 2. The lowest BCUT2D eigenvalue weighted by Crippen LogP contribution is -2.24. The first-order valence-corrected chi connectivity index (χ1v) is 9.66. The molecule has 2 aromatic carbocycles. The standard InChI is InChI=1S/C22H27N3O2/c23-20-12-5-4-7-16(20)13-14-21(26)24-18-10-6-11-19(15-18)25-22(27)17-8-2-1-3-9-17/h4-7,10-12,15,17H,1-3,8-9,13-14,23H2,(H,24,26)(H,25,27). The van der Waals surface area contributed by atoms with Crippen LogP contribution in [-0.2, 0) is 16.0 Å². The van der Waals surface area contributed by atoms with Crippen LogP contribution in [-0.4, -0.2) is 11.8 Å². The number of anilines is 3. The van der Waals surface area contributed by atoms with Crippen molar-refractivity contribution in [3.63, 3.8) is 0 Å². The fraction of sp³-hybridized carbons (Fsp3) is 0.364. The molecule has 142 valence electrons. The Morgan fingerprint density at radius 2 is 1.63 bits per heavy atom. The van der Waals surface area contributed by atoms with Gasteiger partial charge in [-0.3, -0.25) is 9.59 Å². The zero-order chi connectivity index (χ0) is 19.1. The summed E-state index contributed by atoms with van der Waals surface area (Å²) in [6, 6.07) is 14.9. The molecule has 5 heteroatoms. The van der Waals surface area contributed by atoms with Crippen LogP contribution >= 0.6 is 0 Å². The minimum Gasteiger partial charge on any atom is -0.399 e. The Morgan fingerprint density at radius 3 is 2.37 bits per heavy atom. The molecule has 1 aliphatic carbocycles. The van der Waals surface area contributed by atoms with Gasteiger partial charge in [0.2, 0.25) is 11.8 Å². The van der Waals surface area contributed by atoms with E-state index in [2.05, 4.69) is 10.6 Å². The summed E-state index contributed by atoms with van der Waals surface area (Å²) in [7, 11) is 0. The summed E-state index contributed by atoms with van der Waals surface area (Å²) in [6.07, 6.45) is 6.35. The number of nitrogens with one attached hydrogen (secondary N) is 2. The quantitative estimate of drug-likeness (QED) is 0.665. The van der Waals surface area contributed by atoms with E-state index in [0.29, 0.717) is 24.2 Å². The van der Waals surface area contributed by atoms with E-state index < -0.39 is 0 Å². The van der Waals surface area contributed by atoms with E-state index in [1.54, 1.807) is 6.07 Å². The fourth-order valence-electron chi connectivity index (χ4n) is 3.52. The normalized spacial score (nSPS) is 14.5. The molecule has 2 amide bonds. The van der Waals surface area contributed by atoms with Gasteiger partial charge in [-0.05, 0) is 49.1 Å². The summed E-state index contributed by atoms with van der Waals surface area (Å²) in [6.45, 7) is 0. The van der Waals surface area contributed by atoms with Crippen LogP contribution < -0.4 is 16.4 Å². The Morgan fingerprint density at radius 1 is 0.926 bits per heavy atom. The second kappa shape index (κ2) is 9.21. The van der Waals surface area contributed by atoms with Gasteiger partial charge in [0.1, 0.15) is 0 Å². The highest BCUT2D eigenvalue weighted by molar-refractivity contribution is 5.95. The Hall–Kier alpha value is -2.82. The number of hydrogen-bond donors (Lipinski definition) is 3. The highest BCUT2D eigenvalue weighted by Crippen LogP contribution is 2.25. The number of aryl methyl sites for hydroxylation is 1. The number of hydrogen-bond acceptors (Lipinski definition) is 3. The molecule has 0 aromatic heterocycles. The van der Waals surface area contributed by atoms with Crippen molar-refractivity contribution >= 4 is 28.9 Å². The van der Waals surface area contributed by atoms with Gasteiger partial charge in [-0.25, -0.2) is 0 Å². The number of carbonyl (C=O) groups excluding carboxylic acids is 2. The second-order valence-corrected chi connectivity index (χ2v) is 7.15. The van der Waals surface area contributed by atoms with Crippen LogP contribution in [0.25, 0.3) is 0 Å². The molecular weight excluding hydrogens is 338 g/mol. The summed E-state index contributed by atoms with van der Waals surface area (Å²) in [5.74, 6) is 0.111. The molecule has 1 saturated carbocycles. The first-order chi connectivity index (χ1) is 13.1. The summed E-state index contributed by atoms with van der Waals surface area (Å²) in [5.41, 5.74) is 9.00. The Balaban J connectivity index is 1.53. The number of nitrogens with two attached hydrogens (primary N) is 1. The maximum Gasteiger partial charge on any atom is 0.227 e. The van der Waals surface area contributed by atoms with E-state index in [1.807, 2.05) is 42.5 Å². The topological polar surface area (TPSA) is 84.2 Å². The zero-order valence-electron chi connectivity index (χ0n) is 15.5. The first-order valence-electron chi connectivity index (χ1n) is 9.66. The van der Waals surface area contributed by atoms with Gasteiger partial charge in [0.25, 0.3) is 0 Å². The predicted octanol–water partition coefficient (Wildman–Crippen LogP) is 4.36. The molecule has 0 bridgehead atoms. The maximum atomic E-state index is 12.4. The van der Waals surface area contributed by atoms with Crippen molar-refractivity contribution in [2.24, 2.45) is 5.92 Å². The van der Waals surface area contributed by atoms with Gasteiger partial charge < -0.3 is 16.4 Å². The van der Waals surface area contributed by atoms with Crippen molar-refractivity contribution in [3.8, 4) is 0 Å². The molecule has 0 heterocycles. The number of rotatable bonds is 6. The summed E-state index contributed by atoms with van der Waals surface area (Å²) in [5, 5.41) is 5.88. The molecular formula is C22H27N3O2. The molecule has 0 unspecified atom stereocenters. The molecule has 5 nitrogen and oxygen atoms in total. The van der Waals surface area contributed by atoms with Crippen LogP contribution in [0.5, 0.6) is 0 Å². The summed E-state index contributed by atoms with van der Waals surface area (Å²) >= 11 is 0. The van der Waals surface area contributed by atoms with Gasteiger partial charge in [-0.2, -0.15) is 0 Å². The molecule has 27 heavy (non-hydrogen) atoms. The molecule has 1 fully saturated rings. The molecule has 0 saturated heterocycles. The van der Waals surface area contributed by atoms with Crippen molar-refractivity contribution in [2.45, 2.75) is 44.9 Å². The smallest absolute Gasteiger partial charge is 0.227 e. The lowest BCUT2D eigenvalue weighted by molar-refractivity contribution is -0.120. The van der Waals surface area contributed by atoms with Crippen molar-refractivity contribution in [1.29, 1.82) is 0 Å². The third-order valence-electron chi connectivity index (χ3n) is 5.07. The molecule has 0 spiro atoms. The number of benzene rings is 2. The van der Waals surface area contributed by atoms with E-state index in [1.165, 1.54) is 6.42 Å². The van der Waals surface area contributed by atoms with Crippen molar-refractivity contribution in [3.05, 3.63) is 54.1 Å². The molecule has 1 aliphatic rings. The predicted molar refractivity (Wildman–Crippen MR) is 109 cm³/mol. The molecule has 4 N–H and O–H groups in total. The summed E-state index contributed by atoms with van der Waals surface area (Å²) < 4.78 is 0. The molecule has 3 rings (SSSR count). The van der Waals surface area contributed by atoms with Gasteiger partial charge in [-0.15, -0.1) is 0 Å². The lowest BCUT2D eigenvalue weighted by Gasteiger charge is -2.20. The van der Waals surface area contributed by atoms with Gasteiger partial charge in [0.15, 0.2) is 0 Å². The number of para-hydroxylation sites is 1. The highest BCUT2D eigenvalue weighted by Gasteiger charge is 2.21. The zero-order valence-corrected chi connectivity index (χ0v) is 15.5. The minimum atomic E-state index is -0.0750. The van der Waals surface area contributed by atoms with Gasteiger partial charge in [0.05, 0.1) is 0 Å². The monoisotopic (exact) mass is 365 g/mol. The van der Waals surface area contributed by atoms with E-state index in [9.17, 15) is 9.59 Å². The highest BCUT2D eigenvalue weighted by atomic mass is 16.2. The Labute approximate surface area is 160 Å². The van der Waals surface area contributed by atoms with Crippen LogP contribution in [0.1, 0.15) is 44.1 Å². The largest absolute Gasteiger partial charge is 0.399 e. The summed E-state index contributed by atoms with van der Waals surface area (Å²) in [4.78, 5) is 24.6. The maximum absolute atomic E-state index is 12.4. The third-order valence-corrected chi connectivity index (χ3v) is 5.07. The van der Waals surface area contributed by atoms with Crippen LogP contribution in [0.4, 0.5) is 17.1 Å². The van der Waals surface area contributed by atoms with Crippen LogP contribution in [0.2, 0.25) is 0 Å². The van der Waals surface area contributed by atoms with Crippen LogP contribution in [0.15, 0.2) is 48.5 Å². The average molecular weight is 365 g/mol. The van der Waals surface area contributed by atoms with Crippen LogP contribution in [0.3, 0.4) is 0 Å². The van der Waals surface area contributed by atoms with E-state index in [4.69, 9.17) is 5.73 Å². The van der Waals surface area contributed by atoms with Crippen LogP contribution in [0, 0.1) is 5.92 Å². The average Bonchev–Trinajstić information content (AvgIpc) is 2.68. The van der Waals surface area contributed by atoms with Crippen molar-refractivity contribution < 1.29 is 9.59 Å².